The van der Waals surface area contributed by atoms with Gasteiger partial charge in [-0.1, -0.05) is 18.2 Å². The maximum atomic E-state index is 11.1. The summed E-state index contributed by atoms with van der Waals surface area (Å²) in [7, 11) is -1.69. The highest BCUT2D eigenvalue weighted by Crippen LogP contribution is 2.25. The topological polar surface area (TPSA) is 78.4 Å². The number of benzene rings is 1. The number of hydrogen-bond donors (Lipinski definition) is 3. The minimum absolute atomic E-state index is 0.0557. The summed E-state index contributed by atoms with van der Waals surface area (Å²) in [5.74, 6) is 0. The molecule has 1 rings (SSSR count). The van der Waals surface area contributed by atoms with Gasteiger partial charge in [-0.25, -0.2) is 0 Å². The van der Waals surface area contributed by atoms with Gasteiger partial charge in [-0.3, -0.25) is 14.7 Å². The Morgan fingerprint density at radius 3 is 2.20 bits per heavy atom. The third-order valence-electron chi connectivity index (χ3n) is 1.83. The van der Waals surface area contributed by atoms with Gasteiger partial charge in [0, 0.05) is 5.30 Å². The van der Waals surface area contributed by atoms with Crippen molar-refractivity contribution in [2.45, 2.75) is 4.90 Å². The molecule has 1 aromatic carbocycles. The van der Waals surface area contributed by atoms with Crippen molar-refractivity contribution in [3.63, 3.8) is 0 Å². The van der Waals surface area contributed by atoms with Crippen molar-refractivity contribution in [3.8, 4) is 0 Å². The van der Waals surface area contributed by atoms with E-state index in [1.807, 2.05) is 0 Å². The van der Waals surface area contributed by atoms with Gasteiger partial charge >= 0.3 is 0 Å². The van der Waals surface area contributed by atoms with Crippen LogP contribution in [0.25, 0.3) is 0 Å². The lowest BCUT2D eigenvalue weighted by Crippen LogP contribution is -2.24. The van der Waals surface area contributed by atoms with E-state index in [1.165, 1.54) is 6.07 Å². The molecule has 0 radical (unpaired) electrons. The summed E-state index contributed by atoms with van der Waals surface area (Å²) in [6.07, 6.45) is 0. The molecule has 5 nitrogen and oxygen atoms in total. The molecule has 0 fully saturated rings. The standard InChI is InChI=1S/C8H13N2O3PS/c1-9-14(10-2)7-5-3-4-6-8(7)15(11,12)13/h3-6,9-10H,1-2H3,(H,11,12,13). The van der Waals surface area contributed by atoms with Gasteiger partial charge in [-0.2, -0.15) is 8.42 Å². The minimum atomic E-state index is -4.16. The molecule has 0 amide bonds. The van der Waals surface area contributed by atoms with Crippen LogP contribution in [0.4, 0.5) is 0 Å². The SMILES string of the molecule is CNP(NC)c1ccccc1S(=O)(=O)O. The molecule has 84 valence electrons. The fraction of sp³-hybridized carbons (Fsp3) is 0.250. The second-order valence-corrected chi connectivity index (χ2v) is 6.16. The summed E-state index contributed by atoms with van der Waals surface area (Å²) in [5, 5.41) is 6.47. The zero-order chi connectivity index (χ0) is 11.5. The van der Waals surface area contributed by atoms with Crippen LogP contribution in [0.5, 0.6) is 0 Å². The molecule has 0 spiro atoms. The first kappa shape index (κ1) is 12.5. The fourth-order valence-electron chi connectivity index (χ4n) is 1.21. The second kappa shape index (κ2) is 5.01. The molecule has 0 unspecified atom stereocenters. The van der Waals surface area contributed by atoms with Crippen LogP contribution < -0.4 is 15.5 Å². The van der Waals surface area contributed by atoms with E-state index in [0.29, 0.717) is 5.30 Å². The van der Waals surface area contributed by atoms with Gasteiger partial charge in [0.25, 0.3) is 10.1 Å². The molecular formula is C8H13N2O3PS. The highest BCUT2D eigenvalue weighted by atomic mass is 32.2. The Morgan fingerprint density at radius 2 is 1.73 bits per heavy atom. The van der Waals surface area contributed by atoms with Crippen molar-refractivity contribution in [3.05, 3.63) is 24.3 Å². The summed E-state index contributed by atoms with van der Waals surface area (Å²) < 4.78 is 31.2. The molecule has 0 heterocycles. The van der Waals surface area contributed by atoms with E-state index < -0.39 is 18.3 Å². The molecule has 15 heavy (non-hydrogen) atoms. The third kappa shape index (κ3) is 2.96. The highest BCUT2D eigenvalue weighted by molar-refractivity contribution is 7.86. The molecule has 0 aliphatic carbocycles. The van der Waals surface area contributed by atoms with Crippen LogP contribution >= 0.6 is 8.22 Å². The van der Waals surface area contributed by atoms with Crippen LogP contribution in [0.2, 0.25) is 0 Å². The molecule has 0 bridgehead atoms. The van der Waals surface area contributed by atoms with Crippen molar-refractivity contribution in [1.29, 1.82) is 0 Å². The fourth-order valence-corrected chi connectivity index (χ4v) is 3.65. The molecule has 3 N–H and O–H groups in total. The predicted molar refractivity (Wildman–Crippen MR) is 60.9 cm³/mol. The van der Waals surface area contributed by atoms with E-state index in [4.69, 9.17) is 4.55 Å². The first-order valence-electron chi connectivity index (χ1n) is 4.22. The molecule has 7 heteroatoms. The zero-order valence-electron chi connectivity index (χ0n) is 8.43. The van der Waals surface area contributed by atoms with Crippen LogP contribution in [-0.2, 0) is 10.1 Å². The highest BCUT2D eigenvalue weighted by Gasteiger charge is 2.19. The number of hydrogen-bond acceptors (Lipinski definition) is 4. The summed E-state index contributed by atoms with van der Waals surface area (Å²) in [5.41, 5.74) is 0. The van der Waals surface area contributed by atoms with Crippen molar-refractivity contribution in [2.24, 2.45) is 0 Å². The normalized spacial score (nSPS) is 12.0. The van der Waals surface area contributed by atoms with Gasteiger partial charge < -0.3 is 0 Å². The summed E-state index contributed by atoms with van der Waals surface area (Å²) in [6.45, 7) is 0. The van der Waals surface area contributed by atoms with Crippen molar-refractivity contribution >= 4 is 23.6 Å². The smallest absolute Gasteiger partial charge is 0.283 e. The maximum Gasteiger partial charge on any atom is 0.295 e. The Bertz CT molecular complexity index is 431. The van der Waals surface area contributed by atoms with Crippen LogP contribution in [-0.4, -0.2) is 27.1 Å². The van der Waals surface area contributed by atoms with Crippen molar-refractivity contribution < 1.29 is 13.0 Å². The average Bonchev–Trinajstić information content (AvgIpc) is 2.19. The van der Waals surface area contributed by atoms with Crippen LogP contribution in [0.3, 0.4) is 0 Å². The quantitative estimate of drug-likeness (QED) is 0.528. The van der Waals surface area contributed by atoms with E-state index >= 15 is 0 Å². The van der Waals surface area contributed by atoms with Gasteiger partial charge in [0.15, 0.2) is 0 Å². The Kier molecular flexibility index (Phi) is 4.19. The van der Waals surface area contributed by atoms with Crippen LogP contribution in [0.15, 0.2) is 29.2 Å². The molecule has 0 aliphatic rings. The summed E-state index contributed by atoms with van der Waals surface area (Å²) in [4.78, 5) is -0.0557. The van der Waals surface area contributed by atoms with E-state index in [2.05, 4.69) is 10.2 Å². The molecule has 0 aliphatic heterocycles. The minimum Gasteiger partial charge on any atom is -0.283 e. The van der Waals surface area contributed by atoms with Gasteiger partial charge in [0.1, 0.15) is 4.90 Å². The van der Waals surface area contributed by atoms with Crippen molar-refractivity contribution in [1.82, 2.24) is 10.2 Å². The van der Waals surface area contributed by atoms with Gasteiger partial charge in [0.2, 0.25) is 0 Å². The lowest BCUT2D eigenvalue weighted by molar-refractivity contribution is 0.484. The molecule has 0 saturated carbocycles. The Balaban J connectivity index is 3.29. The monoisotopic (exact) mass is 248 g/mol. The summed E-state index contributed by atoms with van der Waals surface area (Å²) in [6, 6.07) is 6.36. The first-order valence-corrected chi connectivity index (χ1v) is 7.00. The molecular weight excluding hydrogens is 235 g/mol. The third-order valence-corrected chi connectivity index (χ3v) is 4.66. The molecule has 0 atom stereocenters. The second-order valence-electron chi connectivity index (χ2n) is 2.73. The maximum absolute atomic E-state index is 11.1. The molecule has 0 aromatic heterocycles. The van der Waals surface area contributed by atoms with E-state index in [9.17, 15) is 8.42 Å². The van der Waals surface area contributed by atoms with Crippen LogP contribution in [0, 0.1) is 0 Å². The number of nitrogens with one attached hydrogen (secondary N) is 2. The average molecular weight is 248 g/mol. The lowest BCUT2D eigenvalue weighted by atomic mass is 10.4. The predicted octanol–water partition coefficient (Wildman–Crippen LogP) is 0.309. The van der Waals surface area contributed by atoms with E-state index in [1.54, 1.807) is 32.3 Å². The van der Waals surface area contributed by atoms with Gasteiger partial charge in [-0.15, -0.1) is 0 Å². The Morgan fingerprint density at radius 1 is 1.20 bits per heavy atom. The zero-order valence-corrected chi connectivity index (χ0v) is 10.1. The Hall–Kier alpha value is -0.520. The van der Waals surface area contributed by atoms with E-state index in [0.717, 1.165) is 0 Å². The van der Waals surface area contributed by atoms with Gasteiger partial charge in [0.05, 0.1) is 8.22 Å². The first-order chi connectivity index (χ1) is 7.00. The largest absolute Gasteiger partial charge is 0.295 e. The van der Waals surface area contributed by atoms with Gasteiger partial charge in [-0.05, 0) is 20.2 Å². The Labute approximate surface area is 90.5 Å². The molecule has 1 aromatic rings. The lowest BCUT2D eigenvalue weighted by Gasteiger charge is -2.17. The number of rotatable bonds is 4. The van der Waals surface area contributed by atoms with E-state index in [-0.39, 0.29) is 4.90 Å². The van der Waals surface area contributed by atoms with Crippen LogP contribution in [0.1, 0.15) is 0 Å². The molecule has 0 saturated heterocycles. The van der Waals surface area contributed by atoms with Crippen molar-refractivity contribution in [2.75, 3.05) is 14.1 Å². The summed E-state index contributed by atoms with van der Waals surface area (Å²) >= 11 is 0.